The van der Waals surface area contributed by atoms with Gasteiger partial charge in [0.2, 0.25) is 0 Å². The van der Waals surface area contributed by atoms with E-state index in [1.807, 2.05) is 36.6 Å². The van der Waals surface area contributed by atoms with Gasteiger partial charge >= 0.3 is 0 Å². The van der Waals surface area contributed by atoms with E-state index in [4.69, 9.17) is 12.2 Å². The fourth-order valence-electron chi connectivity index (χ4n) is 1.53. The number of thiocarbonyl (C=S) groups is 1. The summed E-state index contributed by atoms with van der Waals surface area (Å²) in [5.41, 5.74) is 1.76. The van der Waals surface area contributed by atoms with Crippen LogP contribution in [0.1, 0.15) is 20.8 Å². The van der Waals surface area contributed by atoms with Gasteiger partial charge in [-0.3, -0.25) is 10.1 Å². The standard InChI is InChI=1S/C14H13IN2OS2/c1-9-4-5-10(7-12(9)15)13(18)17-14(19)16-8-11-3-2-6-20-11/h2-7H,8H2,1H3,(H2,16,17,18,19). The normalized spacial score (nSPS) is 10.1. The number of halogens is 1. The lowest BCUT2D eigenvalue weighted by Crippen LogP contribution is -2.38. The van der Waals surface area contributed by atoms with Gasteiger partial charge in [0, 0.05) is 14.0 Å². The molecule has 20 heavy (non-hydrogen) atoms. The molecule has 0 saturated heterocycles. The number of hydrogen-bond acceptors (Lipinski definition) is 3. The van der Waals surface area contributed by atoms with Crippen molar-refractivity contribution in [2.24, 2.45) is 0 Å². The molecular formula is C14H13IN2OS2. The number of benzene rings is 1. The van der Waals surface area contributed by atoms with E-state index < -0.39 is 0 Å². The maximum atomic E-state index is 12.0. The van der Waals surface area contributed by atoms with Crippen molar-refractivity contribution in [3.8, 4) is 0 Å². The maximum absolute atomic E-state index is 12.0. The highest BCUT2D eigenvalue weighted by Gasteiger charge is 2.09. The molecule has 1 heterocycles. The number of amides is 1. The number of rotatable bonds is 3. The monoisotopic (exact) mass is 416 g/mol. The maximum Gasteiger partial charge on any atom is 0.257 e. The van der Waals surface area contributed by atoms with E-state index in [1.54, 1.807) is 17.4 Å². The number of aryl methyl sites for hydroxylation is 1. The molecule has 0 aliphatic rings. The van der Waals surface area contributed by atoms with E-state index in [0.717, 1.165) is 9.13 Å². The van der Waals surface area contributed by atoms with Gasteiger partial charge in [0.05, 0.1) is 6.54 Å². The molecule has 0 aliphatic carbocycles. The zero-order valence-electron chi connectivity index (χ0n) is 10.8. The van der Waals surface area contributed by atoms with Crippen LogP contribution in [-0.2, 0) is 6.54 Å². The summed E-state index contributed by atoms with van der Waals surface area (Å²) in [5, 5.41) is 8.06. The number of nitrogens with one attached hydrogen (secondary N) is 2. The molecule has 2 rings (SSSR count). The molecule has 0 spiro atoms. The minimum atomic E-state index is -0.188. The highest BCUT2D eigenvalue weighted by molar-refractivity contribution is 14.1. The smallest absolute Gasteiger partial charge is 0.257 e. The number of carbonyl (C=O) groups excluding carboxylic acids is 1. The van der Waals surface area contributed by atoms with Gasteiger partial charge in [-0.1, -0.05) is 12.1 Å². The summed E-state index contributed by atoms with van der Waals surface area (Å²) in [6, 6.07) is 9.59. The Kier molecular flexibility index (Phi) is 5.50. The third-order valence-electron chi connectivity index (χ3n) is 2.66. The second-order valence-corrected chi connectivity index (χ2v) is 6.78. The highest BCUT2D eigenvalue weighted by atomic mass is 127. The fraction of sp³-hybridized carbons (Fsp3) is 0.143. The van der Waals surface area contributed by atoms with E-state index in [9.17, 15) is 4.79 Å². The van der Waals surface area contributed by atoms with Crippen LogP contribution in [0.4, 0.5) is 0 Å². The van der Waals surface area contributed by atoms with E-state index in [0.29, 0.717) is 17.2 Å². The Bertz CT molecular complexity index is 626. The zero-order valence-corrected chi connectivity index (χ0v) is 14.6. The van der Waals surface area contributed by atoms with E-state index in [-0.39, 0.29) is 5.91 Å². The summed E-state index contributed by atoms with van der Waals surface area (Å²) in [6.07, 6.45) is 0. The van der Waals surface area contributed by atoms with Gasteiger partial charge in [-0.2, -0.15) is 0 Å². The molecule has 104 valence electrons. The number of thiophene rings is 1. The first-order chi connectivity index (χ1) is 9.56. The molecule has 0 aliphatic heterocycles. The van der Waals surface area contributed by atoms with Crippen molar-refractivity contribution in [3.05, 3.63) is 55.3 Å². The molecule has 1 aromatic heterocycles. The van der Waals surface area contributed by atoms with Crippen LogP contribution in [0.15, 0.2) is 35.7 Å². The van der Waals surface area contributed by atoms with Crippen LogP contribution in [0.25, 0.3) is 0 Å². The molecule has 0 radical (unpaired) electrons. The average molecular weight is 416 g/mol. The van der Waals surface area contributed by atoms with Crippen molar-refractivity contribution >= 4 is 57.2 Å². The quantitative estimate of drug-likeness (QED) is 0.595. The highest BCUT2D eigenvalue weighted by Crippen LogP contribution is 2.13. The lowest BCUT2D eigenvalue weighted by molar-refractivity contribution is 0.0976. The summed E-state index contributed by atoms with van der Waals surface area (Å²) >= 11 is 8.98. The van der Waals surface area contributed by atoms with Crippen molar-refractivity contribution in [1.82, 2.24) is 10.6 Å². The Labute approximate surface area is 140 Å². The van der Waals surface area contributed by atoms with E-state index in [2.05, 4.69) is 33.2 Å². The minimum absolute atomic E-state index is 0.188. The molecular weight excluding hydrogens is 403 g/mol. The second kappa shape index (κ2) is 7.14. The van der Waals surface area contributed by atoms with Crippen LogP contribution in [0.5, 0.6) is 0 Å². The lowest BCUT2D eigenvalue weighted by Gasteiger charge is -2.09. The summed E-state index contributed by atoms with van der Waals surface area (Å²) in [7, 11) is 0. The van der Waals surface area contributed by atoms with Crippen LogP contribution in [0, 0.1) is 10.5 Å². The molecule has 3 nitrogen and oxygen atoms in total. The molecule has 0 saturated carbocycles. The minimum Gasteiger partial charge on any atom is -0.357 e. The van der Waals surface area contributed by atoms with E-state index in [1.165, 1.54) is 4.88 Å². The van der Waals surface area contributed by atoms with Crippen LogP contribution in [0.2, 0.25) is 0 Å². The third-order valence-corrected chi connectivity index (χ3v) is 4.95. The van der Waals surface area contributed by atoms with Crippen molar-refractivity contribution < 1.29 is 4.79 Å². The number of carbonyl (C=O) groups is 1. The van der Waals surface area contributed by atoms with Gasteiger partial charge in [-0.25, -0.2) is 0 Å². The van der Waals surface area contributed by atoms with Crippen LogP contribution >= 0.6 is 46.1 Å². The Balaban J connectivity index is 1.90. The van der Waals surface area contributed by atoms with Gasteiger partial charge < -0.3 is 5.32 Å². The Morgan fingerprint density at radius 2 is 2.20 bits per heavy atom. The van der Waals surface area contributed by atoms with Crippen LogP contribution in [0.3, 0.4) is 0 Å². The van der Waals surface area contributed by atoms with Gasteiger partial charge in [-0.05, 0) is 70.9 Å². The van der Waals surface area contributed by atoms with Gasteiger partial charge in [0.15, 0.2) is 5.11 Å². The molecule has 1 aromatic carbocycles. The molecule has 0 unspecified atom stereocenters. The third kappa shape index (κ3) is 4.26. The molecule has 0 fully saturated rings. The molecule has 0 atom stereocenters. The lowest BCUT2D eigenvalue weighted by atomic mass is 10.1. The SMILES string of the molecule is Cc1ccc(C(=O)NC(=S)NCc2cccs2)cc1I. The second-order valence-electron chi connectivity index (χ2n) is 4.18. The first-order valence-electron chi connectivity index (χ1n) is 5.94. The predicted molar refractivity (Wildman–Crippen MR) is 95.1 cm³/mol. The molecule has 2 aromatic rings. The summed E-state index contributed by atoms with van der Waals surface area (Å²) in [6.45, 7) is 2.64. The molecule has 1 amide bonds. The summed E-state index contributed by atoms with van der Waals surface area (Å²) in [4.78, 5) is 13.2. The number of hydrogen-bond donors (Lipinski definition) is 2. The summed E-state index contributed by atoms with van der Waals surface area (Å²) < 4.78 is 1.06. The van der Waals surface area contributed by atoms with Crippen LogP contribution < -0.4 is 10.6 Å². The zero-order chi connectivity index (χ0) is 14.5. The van der Waals surface area contributed by atoms with Crippen molar-refractivity contribution in [2.75, 3.05) is 0 Å². The topological polar surface area (TPSA) is 41.1 Å². The Hall–Kier alpha value is -0.990. The Morgan fingerprint density at radius 1 is 1.40 bits per heavy atom. The molecule has 0 bridgehead atoms. The van der Waals surface area contributed by atoms with Crippen LogP contribution in [-0.4, -0.2) is 11.0 Å². The predicted octanol–water partition coefficient (Wildman–Crippen LogP) is 3.47. The average Bonchev–Trinajstić information content (AvgIpc) is 2.92. The first-order valence-corrected chi connectivity index (χ1v) is 8.30. The fourth-order valence-corrected chi connectivity index (χ4v) is 2.86. The van der Waals surface area contributed by atoms with Gasteiger partial charge in [0.1, 0.15) is 0 Å². The Morgan fingerprint density at radius 3 is 2.85 bits per heavy atom. The van der Waals surface area contributed by atoms with Crippen molar-refractivity contribution in [2.45, 2.75) is 13.5 Å². The first kappa shape index (κ1) is 15.4. The van der Waals surface area contributed by atoms with E-state index >= 15 is 0 Å². The van der Waals surface area contributed by atoms with Crippen molar-refractivity contribution in [1.29, 1.82) is 0 Å². The molecule has 6 heteroatoms. The molecule has 2 N–H and O–H groups in total. The van der Waals surface area contributed by atoms with Gasteiger partial charge in [-0.15, -0.1) is 11.3 Å². The summed E-state index contributed by atoms with van der Waals surface area (Å²) in [5.74, 6) is -0.188. The van der Waals surface area contributed by atoms with Crippen molar-refractivity contribution in [3.63, 3.8) is 0 Å². The van der Waals surface area contributed by atoms with Gasteiger partial charge in [0.25, 0.3) is 5.91 Å². The largest absolute Gasteiger partial charge is 0.357 e.